The van der Waals surface area contributed by atoms with E-state index in [1.54, 1.807) is 0 Å². The topological polar surface area (TPSA) is 78.0 Å². The number of piperazine rings is 1. The Morgan fingerprint density at radius 1 is 1.32 bits per heavy atom. The lowest BCUT2D eigenvalue weighted by Gasteiger charge is -2.36. The largest absolute Gasteiger partial charge is 0.361 e. The molecule has 0 aromatic carbocycles. The number of guanidine groups is 1. The van der Waals surface area contributed by atoms with Crippen molar-refractivity contribution >= 4 is 5.96 Å². The van der Waals surface area contributed by atoms with Gasteiger partial charge in [0, 0.05) is 71.2 Å². The Kier molecular flexibility index (Phi) is 6.69. The number of aryl methyl sites for hydroxylation is 2. The van der Waals surface area contributed by atoms with Crippen LogP contribution in [0.25, 0.3) is 0 Å². The Hall–Kier alpha value is -2.39. The van der Waals surface area contributed by atoms with Gasteiger partial charge in [-0.3, -0.25) is 14.6 Å². The Morgan fingerprint density at radius 2 is 2.07 bits per heavy atom. The van der Waals surface area contributed by atoms with Crippen molar-refractivity contribution in [2.24, 2.45) is 12.0 Å². The van der Waals surface area contributed by atoms with Crippen molar-refractivity contribution in [2.45, 2.75) is 19.5 Å². The molecular formula is C19H32N8O. The lowest BCUT2D eigenvalue weighted by atomic mass is 10.1. The fourth-order valence-electron chi connectivity index (χ4n) is 3.57. The molecule has 0 spiro atoms. The van der Waals surface area contributed by atoms with Gasteiger partial charge in [-0.25, -0.2) is 0 Å². The zero-order valence-electron chi connectivity index (χ0n) is 17.6. The molecule has 2 aromatic heterocycles. The summed E-state index contributed by atoms with van der Waals surface area (Å²) in [5.74, 6) is 1.81. The van der Waals surface area contributed by atoms with E-state index in [1.165, 1.54) is 5.56 Å². The van der Waals surface area contributed by atoms with Gasteiger partial charge in [-0.1, -0.05) is 5.16 Å². The quantitative estimate of drug-likeness (QED) is 0.577. The van der Waals surface area contributed by atoms with Crippen molar-refractivity contribution in [3.05, 3.63) is 35.5 Å². The molecule has 28 heavy (non-hydrogen) atoms. The highest BCUT2D eigenvalue weighted by Gasteiger charge is 2.22. The van der Waals surface area contributed by atoms with Crippen molar-refractivity contribution in [2.75, 3.05) is 53.9 Å². The molecule has 0 bridgehead atoms. The first kappa shape index (κ1) is 20.3. The van der Waals surface area contributed by atoms with E-state index in [-0.39, 0.29) is 6.04 Å². The number of aliphatic imine (C=N–C) groups is 1. The zero-order valence-corrected chi connectivity index (χ0v) is 17.6. The summed E-state index contributed by atoms with van der Waals surface area (Å²) in [5, 5.41) is 12.0. The van der Waals surface area contributed by atoms with E-state index >= 15 is 0 Å². The van der Waals surface area contributed by atoms with E-state index in [1.807, 2.05) is 38.0 Å². The molecule has 1 aliphatic rings. The maximum absolute atomic E-state index is 5.17. The summed E-state index contributed by atoms with van der Waals surface area (Å²) in [7, 11) is 7.98. The van der Waals surface area contributed by atoms with Crippen LogP contribution in [0.3, 0.4) is 0 Å². The van der Waals surface area contributed by atoms with Crippen molar-refractivity contribution < 1.29 is 4.52 Å². The molecule has 0 radical (unpaired) electrons. The van der Waals surface area contributed by atoms with E-state index < -0.39 is 0 Å². The summed E-state index contributed by atoms with van der Waals surface area (Å²) in [4.78, 5) is 11.4. The van der Waals surface area contributed by atoms with Gasteiger partial charge in [0.05, 0.1) is 17.9 Å². The molecule has 1 aliphatic heterocycles. The van der Waals surface area contributed by atoms with Gasteiger partial charge < -0.3 is 19.6 Å². The molecule has 3 heterocycles. The van der Waals surface area contributed by atoms with Crippen LogP contribution < -0.4 is 5.32 Å². The lowest BCUT2D eigenvalue weighted by Crippen LogP contribution is -2.53. The lowest BCUT2D eigenvalue weighted by molar-refractivity contribution is 0.168. The highest BCUT2D eigenvalue weighted by Crippen LogP contribution is 2.16. The predicted molar refractivity (Wildman–Crippen MR) is 109 cm³/mol. The van der Waals surface area contributed by atoms with Gasteiger partial charge in [0.1, 0.15) is 5.76 Å². The van der Waals surface area contributed by atoms with Gasteiger partial charge in [-0.15, -0.1) is 0 Å². The molecule has 1 atom stereocenters. The second-order valence-electron chi connectivity index (χ2n) is 7.55. The van der Waals surface area contributed by atoms with Gasteiger partial charge in [0.2, 0.25) is 0 Å². The average molecular weight is 389 g/mol. The minimum Gasteiger partial charge on any atom is -0.361 e. The van der Waals surface area contributed by atoms with Crippen LogP contribution in [0.2, 0.25) is 0 Å². The summed E-state index contributed by atoms with van der Waals surface area (Å²) >= 11 is 0. The number of rotatable bonds is 6. The third kappa shape index (κ3) is 5.11. The fraction of sp³-hybridized carbons (Fsp3) is 0.632. The second kappa shape index (κ2) is 9.20. The third-order valence-electron chi connectivity index (χ3n) is 5.13. The smallest absolute Gasteiger partial charge is 0.193 e. The third-order valence-corrected chi connectivity index (χ3v) is 5.13. The summed E-state index contributed by atoms with van der Waals surface area (Å²) < 4.78 is 7.01. The SMILES string of the molecule is CN=C(NCC(c1cnn(C)c1)N(C)C)N1CCN(Cc2cc(C)on2)CC1. The Labute approximate surface area is 167 Å². The van der Waals surface area contributed by atoms with Crippen LogP contribution in [0, 0.1) is 6.92 Å². The molecule has 1 N–H and O–H groups in total. The molecule has 9 heteroatoms. The van der Waals surface area contributed by atoms with E-state index in [2.05, 4.69) is 55.6 Å². The van der Waals surface area contributed by atoms with E-state index in [9.17, 15) is 0 Å². The zero-order chi connectivity index (χ0) is 20.1. The molecule has 1 saturated heterocycles. The highest BCUT2D eigenvalue weighted by molar-refractivity contribution is 5.80. The van der Waals surface area contributed by atoms with E-state index in [0.29, 0.717) is 0 Å². The standard InChI is InChI=1S/C19H32N8O/c1-15-10-17(23-28-15)14-26-6-8-27(9-7-26)19(20-2)21-12-18(24(3)4)16-11-22-25(5)13-16/h10-11,13,18H,6-9,12,14H2,1-5H3,(H,20,21). The number of hydrogen-bond donors (Lipinski definition) is 1. The number of hydrogen-bond acceptors (Lipinski definition) is 6. The van der Waals surface area contributed by atoms with Crippen molar-refractivity contribution in [3.63, 3.8) is 0 Å². The summed E-state index contributed by atoms with van der Waals surface area (Å²) in [6, 6.07) is 2.24. The first-order valence-electron chi connectivity index (χ1n) is 9.71. The van der Waals surface area contributed by atoms with Gasteiger partial charge >= 0.3 is 0 Å². The summed E-state index contributed by atoms with van der Waals surface area (Å²) in [5.41, 5.74) is 2.20. The number of likely N-dealkylation sites (N-methyl/N-ethyl adjacent to an activating group) is 1. The number of nitrogens with zero attached hydrogens (tertiary/aromatic N) is 7. The molecule has 1 unspecified atom stereocenters. The number of nitrogens with one attached hydrogen (secondary N) is 1. The number of aromatic nitrogens is 3. The monoisotopic (exact) mass is 388 g/mol. The van der Waals surface area contributed by atoms with Gasteiger partial charge in [0.25, 0.3) is 0 Å². The van der Waals surface area contributed by atoms with Gasteiger partial charge in [0.15, 0.2) is 5.96 Å². The first-order valence-corrected chi connectivity index (χ1v) is 9.71. The minimum atomic E-state index is 0.238. The molecule has 0 aliphatic carbocycles. The molecule has 0 amide bonds. The summed E-state index contributed by atoms with van der Waals surface area (Å²) in [6.07, 6.45) is 4.00. The second-order valence-corrected chi connectivity index (χ2v) is 7.55. The van der Waals surface area contributed by atoms with Crippen LogP contribution >= 0.6 is 0 Å². The molecule has 2 aromatic rings. The van der Waals surface area contributed by atoms with Crippen molar-refractivity contribution in [1.29, 1.82) is 0 Å². The normalized spacial score (nSPS) is 17.4. The Balaban J connectivity index is 1.51. The van der Waals surface area contributed by atoms with Crippen molar-refractivity contribution in [1.82, 2.24) is 35.0 Å². The van der Waals surface area contributed by atoms with Gasteiger partial charge in [-0.05, 0) is 21.0 Å². The molecular weight excluding hydrogens is 356 g/mol. The average Bonchev–Trinajstić information content (AvgIpc) is 3.27. The Bertz CT molecular complexity index is 773. The van der Waals surface area contributed by atoms with Crippen molar-refractivity contribution in [3.8, 4) is 0 Å². The van der Waals surface area contributed by atoms with Gasteiger partial charge in [-0.2, -0.15) is 5.10 Å². The first-order chi connectivity index (χ1) is 13.5. The summed E-state index contributed by atoms with van der Waals surface area (Å²) in [6.45, 7) is 7.38. The molecule has 9 nitrogen and oxygen atoms in total. The fourth-order valence-corrected chi connectivity index (χ4v) is 3.57. The van der Waals surface area contributed by atoms with E-state index in [4.69, 9.17) is 4.52 Å². The molecule has 1 fully saturated rings. The van der Waals surface area contributed by atoms with E-state index in [0.717, 1.165) is 56.7 Å². The van der Waals surface area contributed by atoms with Crippen LogP contribution in [-0.4, -0.2) is 89.5 Å². The predicted octanol–water partition coefficient (Wildman–Crippen LogP) is 0.712. The van der Waals surface area contributed by atoms with Crippen LogP contribution in [0.4, 0.5) is 0 Å². The molecule has 0 saturated carbocycles. The van der Waals surface area contributed by atoms with Crippen LogP contribution in [0.15, 0.2) is 28.0 Å². The van der Waals surface area contributed by atoms with Crippen LogP contribution in [-0.2, 0) is 13.6 Å². The molecule has 3 rings (SSSR count). The van der Waals surface area contributed by atoms with Crippen LogP contribution in [0.5, 0.6) is 0 Å². The molecule has 154 valence electrons. The maximum Gasteiger partial charge on any atom is 0.193 e. The maximum atomic E-state index is 5.17. The Morgan fingerprint density at radius 3 is 2.61 bits per heavy atom. The minimum absolute atomic E-state index is 0.238. The van der Waals surface area contributed by atoms with Crippen LogP contribution in [0.1, 0.15) is 23.1 Å². The highest BCUT2D eigenvalue weighted by atomic mass is 16.5.